The number of nitrogens with zero attached hydrogens (tertiary/aromatic N) is 1. The molecule has 0 spiro atoms. The largest absolute Gasteiger partial charge is 0.496 e. The molecule has 0 saturated heterocycles. The Hall–Kier alpha value is -3.25. The summed E-state index contributed by atoms with van der Waals surface area (Å²) in [5.41, 5.74) is 2.00. The fourth-order valence-electron chi connectivity index (χ4n) is 2.47. The summed E-state index contributed by atoms with van der Waals surface area (Å²) in [6.45, 7) is 0. The van der Waals surface area contributed by atoms with Crippen LogP contribution in [-0.4, -0.2) is 25.1 Å². The van der Waals surface area contributed by atoms with Crippen LogP contribution in [0.15, 0.2) is 60.8 Å². The molecular weight excluding hydrogens is 366 g/mol. The molecule has 7 heteroatoms. The summed E-state index contributed by atoms with van der Waals surface area (Å²) in [6, 6.07) is 15.9. The van der Waals surface area contributed by atoms with Gasteiger partial charge in [0, 0.05) is 5.69 Å². The minimum atomic E-state index is -0.289. The Bertz CT molecular complexity index is 945. The first-order chi connectivity index (χ1) is 13.1. The molecule has 0 fully saturated rings. The first-order valence-electron chi connectivity index (χ1n) is 8.11. The highest BCUT2D eigenvalue weighted by molar-refractivity contribution is 6.32. The molecule has 0 unspecified atom stereocenters. The zero-order valence-electron chi connectivity index (χ0n) is 14.8. The molecule has 3 aromatic rings. The van der Waals surface area contributed by atoms with E-state index >= 15 is 0 Å². The van der Waals surface area contributed by atoms with Gasteiger partial charge in [0.15, 0.2) is 0 Å². The molecule has 3 rings (SSSR count). The van der Waals surface area contributed by atoms with E-state index < -0.39 is 0 Å². The van der Waals surface area contributed by atoms with Gasteiger partial charge in [-0.25, -0.2) is 4.98 Å². The Morgan fingerprint density at radius 2 is 1.70 bits per heavy atom. The van der Waals surface area contributed by atoms with E-state index in [0.29, 0.717) is 27.9 Å². The van der Waals surface area contributed by atoms with Crippen LogP contribution in [0.4, 0.5) is 17.2 Å². The van der Waals surface area contributed by atoms with Crippen molar-refractivity contribution in [2.24, 2.45) is 0 Å². The Morgan fingerprint density at radius 3 is 2.37 bits per heavy atom. The minimum Gasteiger partial charge on any atom is -0.496 e. The van der Waals surface area contributed by atoms with Crippen LogP contribution in [0.25, 0.3) is 0 Å². The zero-order chi connectivity index (χ0) is 19.2. The number of methoxy groups -OCH3 is 2. The summed E-state index contributed by atoms with van der Waals surface area (Å²) in [7, 11) is 3.09. The maximum Gasteiger partial charge on any atom is 0.260 e. The molecule has 0 aliphatic heterocycles. The first-order valence-corrected chi connectivity index (χ1v) is 8.49. The predicted octanol–water partition coefficient (Wildman–Crippen LogP) is 4.75. The van der Waals surface area contributed by atoms with Crippen LogP contribution in [0.2, 0.25) is 5.02 Å². The molecule has 2 N–H and O–H groups in total. The number of aromatic nitrogens is 1. The van der Waals surface area contributed by atoms with Gasteiger partial charge in [0.1, 0.15) is 17.3 Å². The van der Waals surface area contributed by atoms with Crippen molar-refractivity contribution >= 4 is 34.7 Å². The molecule has 2 aromatic carbocycles. The van der Waals surface area contributed by atoms with Gasteiger partial charge in [-0.15, -0.1) is 0 Å². The molecular formula is C20H18ClN3O3. The van der Waals surface area contributed by atoms with Crippen molar-refractivity contribution in [1.29, 1.82) is 0 Å². The number of benzene rings is 2. The highest BCUT2D eigenvalue weighted by Gasteiger charge is 2.12. The molecule has 0 aliphatic rings. The van der Waals surface area contributed by atoms with Crippen LogP contribution in [-0.2, 0) is 0 Å². The van der Waals surface area contributed by atoms with Crippen molar-refractivity contribution in [3.8, 4) is 11.5 Å². The molecule has 0 aliphatic carbocycles. The van der Waals surface area contributed by atoms with E-state index in [1.54, 1.807) is 55.8 Å². The Kier molecular flexibility index (Phi) is 5.78. The van der Waals surface area contributed by atoms with E-state index in [0.717, 1.165) is 11.4 Å². The SMILES string of the molecule is COc1ccc(Nc2ccc(NC(=O)c3ccccc3OC)nc2)cc1Cl. The van der Waals surface area contributed by atoms with Gasteiger partial charge in [-0.05, 0) is 42.5 Å². The Balaban J connectivity index is 1.68. The third-order valence-corrected chi connectivity index (χ3v) is 4.09. The van der Waals surface area contributed by atoms with Gasteiger partial charge in [0.05, 0.1) is 36.7 Å². The lowest BCUT2D eigenvalue weighted by Gasteiger charge is -2.10. The third kappa shape index (κ3) is 4.48. The Labute approximate surface area is 162 Å². The van der Waals surface area contributed by atoms with Gasteiger partial charge in [-0.1, -0.05) is 23.7 Å². The number of amides is 1. The van der Waals surface area contributed by atoms with Crippen molar-refractivity contribution in [2.45, 2.75) is 0 Å². The molecule has 27 heavy (non-hydrogen) atoms. The average molecular weight is 384 g/mol. The van der Waals surface area contributed by atoms with Gasteiger partial charge in [0.25, 0.3) is 5.91 Å². The lowest BCUT2D eigenvalue weighted by molar-refractivity contribution is 0.102. The topological polar surface area (TPSA) is 72.5 Å². The van der Waals surface area contributed by atoms with Gasteiger partial charge >= 0.3 is 0 Å². The fourth-order valence-corrected chi connectivity index (χ4v) is 2.73. The highest BCUT2D eigenvalue weighted by atomic mass is 35.5. The predicted molar refractivity (Wildman–Crippen MR) is 106 cm³/mol. The highest BCUT2D eigenvalue weighted by Crippen LogP contribution is 2.29. The lowest BCUT2D eigenvalue weighted by atomic mass is 10.2. The van der Waals surface area contributed by atoms with Gasteiger partial charge in [-0.3, -0.25) is 4.79 Å². The average Bonchev–Trinajstić information content (AvgIpc) is 2.69. The molecule has 1 aromatic heterocycles. The summed E-state index contributed by atoms with van der Waals surface area (Å²) in [5, 5.41) is 6.45. The van der Waals surface area contributed by atoms with Gasteiger partial charge in [0.2, 0.25) is 0 Å². The maximum atomic E-state index is 12.4. The van der Waals surface area contributed by atoms with Crippen LogP contribution in [0.3, 0.4) is 0 Å². The molecule has 138 valence electrons. The molecule has 0 saturated carbocycles. The fraction of sp³-hybridized carbons (Fsp3) is 0.100. The summed E-state index contributed by atoms with van der Waals surface area (Å²) in [6.07, 6.45) is 1.62. The molecule has 6 nitrogen and oxygen atoms in total. The van der Waals surface area contributed by atoms with Crippen LogP contribution in [0.1, 0.15) is 10.4 Å². The normalized spacial score (nSPS) is 10.2. The number of ether oxygens (including phenoxy) is 2. The maximum absolute atomic E-state index is 12.4. The second-order valence-electron chi connectivity index (χ2n) is 5.56. The van der Waals surface area contributed by atoms with Crippen LogP contribution < -0.4 is 20.1 Å². The first kappa shape index (κ1) is 18.5. The smallest absolute Gasteiger partial charge is 0.260 e. The number of hydrogen-bond donors (Lipinski definition) is 2. The number of carbonyl (C=O) groups excluding carboxylic acids is 1. The summed E-state index contributed by atoms with van der Waals surface area (Å²) in [5.74, 6) is 1.26. The number of pyridine rings is 1. The number of para-hydroxylation sites is 1. The quantitative estimate of drug-likeness (QED) is 0.642. The van der Waals surface area contributed by atoms with Crippen molar-refractivity contribution in [1.82, 2.24) is 4.98 Å². The van der Waals surface area contributed by atoms with E-state index in [-0.39, 0.29) is 5.91 Å². The molecule has 0 bridgehead atoms. The standard InChI is InChI=1S/C20H18ClN3O3/c1-26-17-6-4-3-5-15(17)20(25)24-19-10-8-14(12-22-19)23-13-7-9-18(27-2)16(21)11-13/h3-12,23H,1-2H3,(H,22,24,25). The summed E-state index contributed by atoms with van der Waals surface area (Å²) < 4.78 is 10.3. The van der Waals surface area contributed by atoms with E-state index in [1.165, 1.54) is 7.11 Å². The van der Waals surface area contributed by atoms with E-state index in [4.69, 9.17) is 21.1 Å². The number of hydrogen-bond acceptors (Lipinski definition) is 5. The number of anilines is 3. The monoisotopic (exact) mass is 383 g/mol. The second-order valence-corrected chi connectivity index (χ2v) is 5.97. The second kappa shape index (κ2) is 8.42. The number of carbonyl (C=O) groups is 1. The summed E-state index contributed by atoms with van der Waals surface area (Å²) >= 11 is 6.12. The molecule has 0 atom stereocenters. The van der Waals surface area contributed by atoms with Gasteiger partial charge < -0.3 is 20.1 Å². The van der Waals surface area contributed by atoms with E-state index in [2.05, 4.69) is 15.6 Å². The zero-order valence-corrected chi connectivity index (χ0v) is 15.6. The van der Waals surface area contributed by atoms with Gasteiger partial charge in [-0.2, -0.15) is 0 Å². The lowest BCUT2D eigenvalue weighted by Crippen LogP contribution is -2.14. The molecule has 1 amide bonds. The summed E-state index contributed by atoms with van der Waals surface area (Å²) in [4.78, 5) is 16.7. The van der Waals surface area contributed by atoms with Crippen LogP contribution in [0, 0.1) is 0 Å². The minimum absolute atomic E-state index is 0.289. The van der Waals surface area contributed by atoms with Crippen LogP contribution in [0.5, 0.6) is 11.5 Å². The molecule has 1 heterocycles. The van der Waals surface area contributed by atoms with Crippen LogP contribution >= 0.6 is 11.6 Å². The number of rotatable bonds is 6. The third-order valence-electron chi connectivity index (χ3n) is 3.80. The van der Waals surface area contributed by atoms with E-state index in [1.807, 2.05) is 12.1 Å². The van der Waals surface area contributed by atoms with Crippen molar-refractivity contribution in [3.63, 3.8) is 0 Å². The van der Waals surface area contributed by atoms with Crippen molar-refractivity contribution in [3.05, 3.63) is 71.4 Å². The van der Waals surface area contributed by atoms with E-state index in [9.17, 15) is 4.79 Å². The van der Waals surface area contributed by atoms with Crippen molar-refractivity contribution < 1.29 is 14.3 Å². The number of nitrogens with one attached hydrogen (secondary N) is 2. The van der Waals surface area contributed by atoms with Crippen molar-refractivity contribution in [2.75, 3.05) is 24.9 Å². The number of halogens is 1. The molecule has 0 radical (unpaired) electrons. The Morgan fingerprint density at radius 1 is 0.963 bits per heavy atom.